The van der Waals surface area contributed by atoms with E-state index in [0.717, 1.165) is 5.56 Å². The minimum Gasteiger partial charge on any atom is -0.380 e. The molecule has 0 bridgehead atoms. The standard InChI is InChI=1S/C18H20N2O3/c1-13(19-18(22)15-6-4-3-5-7-15)17(21)20-16-10-8-14(9-11-16)12-23-2/h3-11,13H,12H2,1-2H3,(H,19,22)(H,20,21). The quantitative estimate of drug-likeness (QED) is 0.861. The highest BCUT2D eigenvalue weighted by Crippen LogP contribution is 2.10. The largest absolute Gasteiger partial charge is 0.380 e. The van der Waals surface area contributed by atoms with E-state index in [2.05, 4.69) is 10.6 Å². The first-order valence-electron chi connectivity index (χ1n) is 7.35. The van der Waals surface area contributed by atoms with Gasteiger partial charge < -0.3 is 15.4 Å². The van der Waals surface area contributed by atoms with E-state index >= 15 is 0 Å². The summed E-state index contributed by atoms with van der Waals surface area (Å²) >= 11 is 0. The highest BCUT2D eigenvalue weighted by Gasteiger charge is 2.16. The molecule has 0 aliphatic rings. The second-order valence-electron chi connectivity index (χ2n) is 5.18. The van der Waals surface area contributed by atoms with Crippen LogP contribution in [-0.2, 0) is 16.1 Å². The molecule has 5 nitrogen and oxygen atoms in total. The predicted molar refractivity (Wildman–Crippen MR) is 89.2 cm³/mol. The first-order chi connectivity index (χ1) is 11.1. The lowest BCUT2D eigenvalue weighted by Gasteiger charge is -2.14. The van der Waals surface area contributed by atoms with Crippen LogP contribution in [0.15, 0.2) is 54.6 Å². The van der Waals surface area contributed by atoms with E-state index in [9.17, 15) is 9.59 Å². The molecule has 2 rings (SSSR count). The van der Waals surface area contributed by atoms with E-state index < -0.39 is 6.04 Å². The Morgan fingerprint density at radius 3 is 2.30 bits per heavy atom. The highest BCUT2D eigenvalue weighted by atomic mass is 16.5. The summed E-state index contributed by atoms with van der Waals surface area (Å²) in [5, 5.41) is 5.45. The van der Waals surface area contributed by atoms with Crippen LogP contribution in [0.4, 0.5) is 5.69 Å². The van der Waals surface area contributed by atoms with Crippen molar-refractivity contribution in [1.82, 2.24) is 5.32 Å². The Bertz CT molecular complexity index is 654. The molecule has 1 atom stereocenters. The lowest BCUT2D eigenvalue weighted by molar-refractivity contribution is -0.117. The van der Waals surface area contributed by atoms with Gasteiger partial charge in [0.1, 0.15) is 6.04 Å². The van der Waals surface area contributed by atoms with Crippen LogP contribution in [0, 0.1) is 0 Å². The molecule has 120 valence electrons. The van der Waals surface area contributed by atoms with Crippen molar-refractivity contribution in [3.05, 3.63) is 65.7 Å². The summed E-state index contributed by atoms with van der Waals surface area (Å²) < 4.78 is 5.04. The van der Waals surface area contributed by atoms with Gasteiger partial charge in [-0.1, -0.05) is 30.3 Å². The molecular weight excluding hydrogens is 292 g/mol. The SMILES string of the molecule is COCc1ccc(NC(=O)C(C)NC(=O)c2ccccc2)cc1. The van der Waals surface area contributed by atoms with Crippen molar-refractivity contribution in [3.63, 3.8) is 0 Å². The third-order valence-electron chi connectivity index (χ3n) is 3.31. The van der Waals surface area contributed by atoms with Crippen LogP contribution >= 0.6 is 0 Å². The number of benzene rings is 2. The number of hydrogen-bond donors (Lipinski definition) is 2. The maximum Gasteiger partial charge on any atom is 0.251 e. The van der Waals surface area contributed by atoms with Gasteiger partial charge in [-0.2, -0.15) is 0 Å². The van der Waals surface area contributed by atoms with Gasteiger partial charge in [-0.3, -0.25) is 9.59 Å². The van der Waals surface area contributed by atoms with Crippen molar-refractivity contribution in [2.75, 3.05) is 12.4 Å². The molecule has 0 heterocycles. The maximum atomic E-state index is 12.1. The lowest BCUT2D eigenvalue weighted by Crippen LogP contribution is -2.41. The number of rotatable bonds is 6. The van der Waals surface area contributed by atoms with Crippen molar-refractivity contribution in [2.45, 2.75) is 19.6 Å². The molecule has 0 saturated carbocycles. The van der Waals surface area contributed by atoms with Crippen LogP contribution < -0.4 is 10.6 Å². The average molecular weight is 312 g/mol. The molecule has 2 N–H and O–H groups in total. The molecule has 23 heavy (non-hydrogen) atoms. The van der Waals surface area contributed by atoms with Gasteiger partial charge in [0.15, 0.2) is 0 Å². The Hall–Kier alpha value is -2.66. The number of hydrogen-bond acceptors (Lipinski definition) is 3. The van der Waals surface area contributed by atoms with Gasteiger partial charge in [0.2, 0.25) is 5.91 Å². The van der Waals surface area contributed by atoms with Crippen LogP contribution in [0.3, 0.4) is 0 Å². The maximum absolute atomic E-state index is 12.1. The Morgan fingerprint density at radius 2 is 1.70 bits per heavy atom. The fourth-order valence-corrected chi connectivity index (χ4v) is 2.04. The Balaban J connectivity index is 1.90. The molecule has 0 fully saturated rings. The zero-order valence-corrected chi connectivity index (χ0v) is 13.2. The molecule has 0 aliphatic carbocycles. The Morgan fingerprint density at radius 1 is 1.04 bits per heavy atom. The van der Waals surface area contributed by atoms with E-state index in [1.807, 2.05) is 18.2 Å². The number of carbonyl (C=O) groups is 2. The summed E-state index contributed by atoms with van der Waals surface area (Å²) in [6, 6.07) is 15.5. The van der Waals surface area contributed by atoms with Gasteiger partial charge >= 0.3 is 0 Å². The molecule has 1 unspecified atom stereocenters. The molecular formula is C18H20N2O3. The monoisotopic (exact) mass is 312 g/mol. The second kappa shape index (κ2) is 8.10. The minimum atomic E-state index is -0.638. The number of nitrogens with one attached hydrogen (secondary N) is 2. The van der Waals surface area contributed by atoms with Gasteiger partial charge in [-0.25, -0.2) is 0 Å². The third kappa shape index (κ3) is 4.93. The summed E-state index contributed by atoms with van der Waals surface area (Å²) in [6.45, 7) is 2.17. The zero-order valence-electron chi connectivity index (χ0n) is 13.2. The topological polar surface area (TPSA) is 67.4 Å². The molecule has 0 aliphatic heterocycles. The van der Waals surface area contributed by atoms with Crippen LogP contribution in [0.25, 0.3) is 0 Å². The molecule has 0 radical (unpaired) electrons. The fourth-order valence-electron chi connectivity index (χ4n) is 2.04. The first-order valence-corrected chi connectivity index (χ1v) is 7.35. The van der Waals surface area contributed by atoms with Crippen molar-refractivity contribution in [3.8, 4) is 0 Å². The summed E-state index contributed by atoms with van der Waals surface area (Å²) in [7, 11) is 1.63. The molecule has 0 aromatic heterocycles. The van der Waals surface area contributed by atoms with Crippen molar-refractivity contribution < 1.29 is 14.3 Å². The molecule has 0 spiro atoms. The Kier molecular flexibility index (Phi) is 5.88. The van der Waals surface area contributed by atoms with Crippen LogP contribution in [-0.4, -0.2) is 25.0 Å². The Labute approximate surface area is 135 Å². The number of amides is 2. The molecule has 2 amide bonds. The summed E-state index contributed by atoms with van der Waals surface area (Å²) in [4.78, 5) is 24.2. The van der Waals surface area contributed by atoms with Crippen molar-refractivity contribution in [1.29, 1.82) is 0 Å². The summed E-state index contributed by atoms with van der Waals surface area (Å²) in [6.07, 6.45) is 0. The van der Waals surface area contributed by atoms with Crippen molar-refractivity contribution >= 4 is 17.5 Å². The van der Waals surface area contributed by atoms with Gasteiger partial charge in [-0.15, -0.1) is 0 Å². The number of carbonyl (C=O) groups excluding carboxylic acids is 2. The van der Waals surface area contributed by atoms with Crippen molar-refractivity contribution in [2.24, 2.45) is 0 Å². The van der Waals surface area contributed by atoms with E-state index in [1.165, 1.54) is 0 Å². The zero-order chi connectivity index (χ0) is 16.7. The fraction of sp³-hybridized carbons (Fsp3) is 0.222. The van der Waals surface area contributed by atoms with E-state index in [1.54, 1.807) is 50.4 Å². The average Bonchev–Trinajstić information content (AvgIpc) is 2.57. The number of methoxy groups -OCH3 is 1. The van der Waals surface area contributed by atoms with Crippen LogP contribution in [0.1, 0.15) is 22.8 Å². The molecule has 2 aromatic carbocycles. The minimum absolute atomic E-state index is 0.270. The van der Waals surface area contributed by atoms with Gasteiger partial charge in [0, 0.05) is 18.4 Å². The highest BCUT2D eigenvalue weighted by molar-refractivity contribution is 6.00. The molecule has 5 heteroatoms. The summed E-state index contributed by atoms with van der Waals surface area (Å²) in [5.41, 5.74) is 2.22. The van der Waals surface area contributed by atoms with Crippen LogP contribution in [0.5, 0.6) is 0 Å². The van der Waals surface area contributed by atoms with E-state index in [4.69, 9.17) is 4.74 Å². The summed E-state index contributed by atoms with van der Waals surface area (Å²) in [5.74, 6) is -0.544. The normalized spacial score (nSPS) is 11.6. The molecule has 0 saturated heterocycles. The predicted octanol–water partition coefficient (Wildman–Crippen LogP) is 2.59. The first kappa shape index (κ1) is 16.7. The van der Waals surface area contributed by atoms with Gasteiger partial charge in [0.25, 0.3) is 5.91 Å². The smallest absolute Gasteiger partial charge is 0.251 e. The third-order valence-corrected chi connectivity index (χ3v) is 3.31. The van der Waals surface area contributed by atoms with E-state index in [-0.39, 0.29) is 11.8 Å². The van der Waals surface area contributed by atoms with E-state index in [0.29, 0.717) is 17.9 Å². The molecule has 2 aromatic rings. The van der Waals surface area contributed by atoms with Crippen LogP contribution in [0.2, 0.25) is 0 Å². The number of ether oxygens (including phenoxy) is 1. The van der Waals surface area contributed by atoms with Gasteiger partial charge in [0.05, 0.1) is 6.61 Å². The second-order valence-corrected chi connectivity index (χ2v) is 5.18. The van der Waals surface area contributed by atoms with Gasteiger partial charge in [-0.05, 0) is 36.8 Å². The number of anilines is 1. The lowest BCUT2D eigenvalue weighted by atomic mass is 10.2.